The fourth-order valence-electron chi connectivity index (χ4n) is 1.60. The van der Waals surface area contributed by atoms with Crippen LogP contribution in [0.25, 0.3) is 6.08 Å². The highest BCUT2D eigenvalue weighted by Gasteiger charge is 2.10. The molecule has 102 valence electrons. The Labute approximate surface area is 135 Å². The summed E-state index contributed by atoms with van der Waals surface area (Å²) in [6, 6.07) is 7.92. The summed E-state index contributed by atoms with van der Waals surface area (Å²) in [4.78, 5) is 0.881. The third-order valence-corrected chi connectivity index (χ3v) is 4.70. The molecule has 0 radical (unpaired) electrons. The summed E-state index contributed by atoms with van der Waals surface area (Å²) in [6.45, 7) is 0. The van der Waals surface area contributed by atoms with Crippen LogP contribution in [0.4, 0.5) is 8.78 Å². The van der Waals surface area contributed by atoms with Crippen molar-refractivity contribution in [3.8, 4) is 6.07 Å². The highest BCUT2D eigenvalue weighted by Crippen LogP contribution is 2.26. The molecule has 1 aromatic carbocycles. The molecule has 0 fully saturated rings. The Morgan fingerprint density at radius 3 is 2.60 bits per heavy atom. The van der Waals surface area contributed by atoms with Crippen LogP contribution in [0.2, 0.25) is 0 Å². The number of hydrogen-bond acceptors (Lipinski definition) is 2. The van der Waals surface area contributed by atoms with Gasteiger partial charge in [-0.2, -0.15) is 5.26 Å². The summed E-state index contributed by atoms with van der Waals surface area (Å²) in [5.41, 5.74) is 0.536. The highest BCUT2D eigenvalue weighted by atomic mass is 79.9. The van der Waals surface area contributed by atoms with Crippen molar-refractivity contribution < 1.29 is 8.78 Å². The third-order valence-electron chi connectivity index (χ3n) is 2.52. The molecule has 0 atom stereocenters. The predicted molar refractivity (Wildman–Crippen MR) is 83.4 cm³/mol. The average molecular weight is 419 g/mol. The van der Waals surface area contributed by atoms with Crippen molar-refractivity contribution in [2.75, 3.05) is 0 Å². The van der Waals surface area contributed by atoms with Gasteiger partial charge in [0.2, 0.25) is 0 Å². The standard InChI is InChI=1S/C14H7Br2F2NS/c15-11-6-12(17)9(5-13(11)18)3-8(7-19)4-10-1-2-14(16)20-10/h1-2,4-6H,3H2. The summed E-state index contributed by atoms with van der Waals surface area (Å²) >= 11 is 7.72. The number of halogens is 4. The second-order valence-electron chi connectivity index (χ2n) is 3.96. The van der Waals surface area contributed by atoms with Crippen molar-refractivity contribution in [3.05, 3.63) is 60.2 Å². The molecule has 2 aromatic rings. The van der Waals surface area contributed by atoms with E-state index in [4.69, 9.17) is 5.26 Å². The van der Waals surface area contributed by atoms with Gasteiger partial charge in [-0.15, -0.1) is 11.3 Å². The lowest BCUT2D eigenvalue weighted by atomic mass is 10.0. The van der Waals surface area contributed by atoms with E-state index >= 15 is 0 Å². The minimum absolute atomic E-state index is 0.0576. The fourth-order valence-corrected chi connectivity index (χ4v) is 3.31. The van der Waals surface area contributed by atoms with Crippen molar-refractivity contribution in [1.29, 1.82) is 5.26 Å². The molecule has 0 bridgehead atoms. The van der Waals surface area contributed by atoms with Gasteiger partial charge in [-0.3, -0.25) is 0 Å². The molecule has 0 unspecified atom stereocenters. The predicted octanol–water partition coefficient (Wildman–Crippen LogP) is 5.70. The van der Waals surface area contributed by atoms with Crippen molar-refractivity contribution >= 4 is 49.3 Å². The Morgan fingerprint density at radius 2 is 2.00 bits per heavy atom. The van der Waals surface area contributed by atoms with Gasteiger partial charge in [0.25, 0.3) is 0 Å². The van der Waals surface area contributed by atoms with Crippen LogP contribution in [0.5, 0.6) is 0 Å². The first-order chi connectivity index (χ1) is 9.49. The number of allylic oxidation sites excluding steroid dienone is 1. The lowest BCUT2D eigenvalue weighted by Gasteiger charge is -2.04. The topological polar surface area (TPSA) is 23.8 Å². The molecule has 0 amide bonds. The van der Waals surface area contributed by atoms with Gasteiger partial charge < -0.3 is 0 Å². The zero-order valence-electron chi connectivity index (χ0n) is 9.96. The number of nitriles is 1. The summed E-state index contributed by atoms with van der Waals surface area (Å²) in [5.74, 6) is -1.08. The molecule has 0 aliphatic rings. The highest BCUT2D eigenvalue weighted by molar-refractivity contribution is 9.11. The number of thiophene rings is 1. The molecule has 1 heterocycles. The summed E-state index contributed by atoms with van der Waals surface area (Å²) in [6.07, 6.45) is 1.73. The number of benzene rings is 1. The smallest absolute Gasteiger partial charge is 0.137 e. The average Bonchev–Trinajstić information content (AvgIpc) is 2.80. The molecular weight excluding hydrogens is 412 g/mol. The van der Waals surface area contributed by atoms with E-state index in [1.807, 2.05) is 18.2 Å². The van der Waals surface area contributed by atoms with Gasteiger partial charge in [-0.25, -0.2) is 8.78 Å². The van der Waals surface area contributed by atoms with Gasteiger partial charge in [-0.1, -0.05) is 0 Å². The molecule has 0 spiro atoms. The van der Waals surface area contributed by atoms with E-state index in [0.717, 1.165) is 20.8 Å². The number of nitrogens with zero attached hydrogens (tertiary/aromatic N) is 1. The minimum atomic E-state index is -0.544. The first-order valence-electron chi connectivity index (χ1n) is 5.49. The molecule has 0 aliphatic carbocycles. The monoisotopic (exact) mass is 417 g/mol. The molecular formula is C14H7Br2F2NS. The normalized spacial score (nSPS) is 11.4. The summed E-state index contributed by atoms with van der Waals surface area (Å²) in [7, 11) is 0. The van der Waals surface area contributed by atoms with Crippen LogP contribution in [-0.4, -0.2) is 0 Å². The van der Waals surface area contributed by atoms with E-state index in [0.29, 0.717) is 5.57 Å². The van der Waals surface area contributed by atoms with Gasteiger partial charge in [0.15, 0.2) is 0 Å². The van der Waals surface area contributed by atoms with E-state index in [1.54, 1.807) is 6.08 Å². The lowest BCUT2D eigenvalue weighted by Crippen LogP contribution is -1.95. The van der Waals surface area contributed by atoms with Crippen LogP contribution in [0.15, 0.2) is 38.1 Å². The van der Waals surface area contributed by atoms with Gasteiger partial charge in [0.1, 0.15) is 11.6 Å². The molecule has 0 N–H and O–H groups in total. The van der Waals surface area contributed by atoms with Gasteiger partial charge >= 0.3 is 0 Å². The maximum atomic E-state index is 13.7. The van der Waals surface area contributed by atoms with Crippen molar-refractivity contribution in [2.45, 2.75) is 6.42 Å². The van der Waals surface area contributed by atoms with Gasteiger partial charge in [0.05, 0.1) is 14.3 Å². The Morgan fingerprint density at radius 1 is 1.25 bits per heavy atom. The lowest BCUT2D eigenvalue weighted by molar-refractivity contribution is 0.583. The number of hydrogen-bond donors (Lipinski definition) is 0. The Hall–Kier alpha value is -1.03. The summed E-state index contributed by atoms with van der Waals surface area (Å²) < 4.78 is 28.2. The minimum Gasteiger partial charge on any atom is -0.207 e. The quantitative estimate of drug-likeness (QED) is 0.463. The van der Waals surface area contributed by atoms with Crippen LogP contribution in [0.3, 0.4) is 0 Å². The van der Waals surface area contributed by atoms with Crippen LogP contribution in [0.1, 0.15) is 10.4 Å². The number of rotatable bonds is 3. The van der Waals surface area contributed by atoms with Crippen LogP contribution < -0.4 is 0 Å². The SMILES string of the molecule is N#CC(=Cc1ccc(Br)s1)Cc1cc(F)c(Br)cc1F. The largest absolute Gasteiger partial charge is 0.207 e. The van der Waals surface area contributed by atoms with Crippen molar-refractivity contribution in [1.82, 2.24) is 0 Å². The maximum Gasteiger partial charge on any atom is 0.137 e. The molecule has 0 aliphatic heterocycles. The molecule has 2 rings (SSSR count). The second kappa shape index (κ2) is 6.61. The van der Waals surface area contributed by atoms with Gasteiger partial charge in [0, 0.05) is 16.9 Å². The van der Waals surface area contributed by atoms with Crippen LogP contribution in [-0.2, 0) is 6.42 Å². The molecule has 1 nitrogen and oxygen atoms in total. The first kappa shape index (κ1) is 15.4. The van der Waals surface area contributed by atoms with Crippen LogP contribution >= 0.6 is 43.2 Å². The fraction of sp³-hybridized carbons (Fsp3) is 0.0714. The zero-order chi connectivity index (χ0) is 14.7. The van der Waals surface area contributed by atoms with Crippen molar-refractivity contribution in [3.63, 3.8) is 0 Å². The molecule has 0 saturated carbocycles. The van der Waals surface area contributed by atoms with E-state index in [9.17, 15) is 8.78 Å². The van der Waals surface area contributed by atoms with Crippen LogP contribution in [0, 0.1) is 23.0 Å². The van der Waals surface area contributed by atoms with Gasteiger partial charge in [-0.05, 0) is 67.8 Å². The summed E-state index contributed by atoms with van der Waals surface area (Å²) in [5, 5.41) is 9.12. The van der Waals surface area contributed by atoms with E-state index in [1.165, 1.54) is 11.3 Å². The van der Waals surface area contributed by atoms with Crippen molar-refractivity contribution in [2.24, 2.45) is 0 Å². The molecule has 20 heavy (non-hydrogen) atoms. The van der Waals surface area contributed by atoms with E-state index < -0.39 is 11.6 Å². The van der Waals surface area contributed by atoms with E-state index in [-0.39, 0.29) is 16.5 Å². The molecule has 1 aromatic heterocycles. The second-order valence-corrected chi connectivity index (χ2v) is 7.31. The first-order valence-corrected chi connectivity index (χ1v) is 7.89. The Bertz CT molecular complexity index is 716. The zero-order valence-corrected chi connectivity index (χ0v) is 13.9. The maximum absolute atomic E-state index is 13.7. The van der Waals surface area contributed by atoms with E-state index in [2.05, 4.69) is 31.9 Å². The third kappa shape index (κ3) is 3.75. The Balaban J connectivity index is 2.30. The molecule has 6 heteroatoms. The molecule has 0 saturated heterocycles. The Kier molecular flexibility index (Phi) is 5.08.